The van der Waals surface area contributed by atoms with Gasteiger partial charge in [0.2, 0.25) is 0 Å². The molecular formula is C9H7F6NS. The molecule has 0 heterocycles. The van der Waals surface area contributed by atoms with Crippen LogP contribution < -0.4 is 5.73 Å². The maximum absolute atomic E-state index is 13.2. The van der Waals surface area contributed by atoms with Crippen molar-refractivity contribution < 1.29 is 26.3 Å². The molecule has 0 aliphatic rings. The molecule has 0 aromatic heterocycles. The Bertz CT molecular complexity index is 420. The van der Waals surface area contributed by atoms with Gasteiger partial charge in [0.25, 0.3) is 0 Å². The molecular weight excluding hydrogens is 268 g/mol. The molecule has 0 spiro atoms. The summed E-state index contributed by atoms with van der Waals surface area (Å²) in [6.07, 6.45) is -4.47. The Balaban J connectivity index is 3.25. The van der Waals surface area contributed by atoms with E-state index in [0.29, 0.717) is 12.1 Å². The minimum absolute atomic E-state index is 0.0201. The number of nitrogens with two attached hydrogens (primary N) is 1. The van der Waals surface area contributed by atoms with Crippen molar-refractivity contribution in [2.45, 2.75) is 23.2 Å². The molecule has 96 valence electrons. The molecule has 1 aromatic rings. The van der Waals surface area contributed by atoms with E-state index in [1.807, 2.05) is 0 Å². The van der Waals surface area contributed by atoms with Gasteiger partial charge in [0.1, 0.15) is 0 Å². The summed E-state index contributed by atoms with van der Waals surface area (Å²) in [6, 6.07) is 1.99. The molecule has 0 fully saturated rings. The van der Waals surface area contributed by atoms with Gasteiger partial charge in [-0.3, -0.25) is 0 Å². The zero-order valence-electron chi connectivity index (χ0n) is 8.10. The van der Waals surface area contributed by atoms with Crippen LogP contribution in [0, 0.1) is 0 Å². The maximum Gasteiger partial charge on any atom is 0.373 e. The van der Waals surface area contributed by atoms with E-state index in [1.54, 1.807) is 0 Å². The summed E-state index contributed by atoms with van der Waals surface area (Å²) in [5, 5.41) is 0. The monoisotopic (exact) mass is 275 g/mol. The predicted octanol–water partition coefficient (Wildman–Crippen LogP) is 3.55. The number of nitrogen functional groups attached to an aromatic ring is 1. The van der Waals surface area contributed by atoms with Crippen molar-refractivity contribution >= 4 is 18.3 Å². The van der Waals surface area contributed by atoms with E-state index < -0.39 is 23.8 Å². The van der Waals surface area contributed by atoms with Crippen molar-refractivity contribution in [1.29, 1.82) is 0 Å². The van der Waals surface area contributed by atoms with E-state index in [4.69, 9.17) is 5.73 Å². The van der Waals surface area contributed by atoms with Gasteiger partial charge in [0.05, 0.1) is 0 Å². The number of hydrogen-bond donors (Lipinski definition) is 2. The van der Waals surface area contributed by atoms with Crippen molar-refractivity contribution in [1.82, 2.24) is 0 Å². The van der Waals surface area contributed by atoms with Crippen LogP contribution in [0.1, 0.15) is 5.56 Å². The van der Waals surface area contributed by atoms with E-state index in [2.05, 4.69) is 12.6 Å². The second kappa shape index (κ2) is 4.32. The molecule has 1 rings (SSSR count). The van der Waals surface area contributed by atoms with Crippen molar-refractivity contribution in [2.75, 3.05) is 5.73 Å². The molecule has 8 heteroatoms. The smallest absolute Gasteiger partial charge is 0.373 e. The van der Waals surface area contributed by atoms with Gasteiger partial charge in [0, 0.05) is 16.1 Å². The molecule has 0 aliphatic carbocycles. The second-order valence-electron chi connectivity index (χ2n) is 3.27. The average molecular weight is 275 g/mol. The highest BCUT2D eigenvalue weighted by atomic mass is 32.1. The first-order valence-electron chi connectivity index (χ1n) is 4.23. The van der Waals surface area contributed by atoms with Crippen molar-refractivity contribution in [3.05, 3.63) is 23.8 Å². The van der Waals surface area contributed by atoms with Gasteiger partial charge in [-0.25, -0.2) is 8.78 Å². The Morgan fingerprint density at radius 2 is 1.65 bits per heavy atom. The lowest BCUT2D eigenvalue weighted by molar-refractivity contribution is -0.270. The highest BCUT2D eigenvalue weighted by molar-refractivity contribution is 7.80. The molecule has 0 aliphatic heterocycles. The Morgan fingerprint density at radius 3 is 2.06 bits per heavy atom. The number of thiol groups is 1. The first kappa shape index (κ1) is 14.0. The van der Waals surface area contributed by atoms with Crippen LogP contribution >= 0.6 is 12.6 Å². The first-order valence-corrected chi connectivity index (χ1v) is 4.68. The summed E-state index contributed by atoms with van der Waals surface area (Å²) in [6.45, 7) is 0. The Morgan fingerprint density at radius 1 is 1.12 bits per heavy atom. The van der Waals surface area contributed by atoms with Crippen molar-refractivity contribution in [3.8, 4) is 0 Å². The zero-order chi connectivity index (χ0) is 13.4. The third-order valence-electron chi connectivity index (χ3n) is 2.09. The lowest BCUT2D eigenvalue weighted by Crippen LogP contribution is -2.44. The Hall–Kier alpha value is -1.05. The van der Waals surface area contributed by atoms with Gasteiger partial charge in [-0.05, 0) is 12.1 Å². The fraction of sp³-hybridized carbons (Fsp3) is 0.333. The van der Waals surface area contributed by atoms with E-state index in [1.165, 1.54) is 0 Å². The van der Waals surface area contributed by atoms with E-state index in [-0.39, 0.29) is 10.6 Å². The topological polar surface area (TPSA) is 26.0 Å². The zero-order valence-corrected chi connectivity index (χ0v) is 9.00. The molecule has 2 N–H and O–H groups in total. The normalized spacial score (nSPS) is 13.2. The molecule has 0 bridgehead atoms. The summed E-state index contributed by atoms with van der Waals surface area (Å²) < 4.78 is 75.6. The number of anilines is 1. The van der Waals surface area contributed by atoms with Gasteiger partial charge in [0.15, 0.2) is 0 Å². The summed E-state index contributed by atoms with van der Waals surface area (Å²) in [5.74, 6) is -10.4. The van der Waals surface area contributed by atoms with Crippen molar-refractivity contribution in [3.63, 3.8) is 0 Å². The molecule has 0 unspecified atom stereocenters. The van der Waals surface area contributed by atoms with Crippen LogP contribution in [0.2, 0.25) is 0 Å². The summed E-state index contributed by atoms with van der Waals surface area (Å²) in [5.41, 5.74) is 3.96. The minimum Gasteiger partial charge on any atom is -0.398 e. The predicted molar refractivity (Wildman–Crippen MR) is 53.0 cm³/mol. The minimum atomic E-state index is -5.46. The lowest BCUT2D eigenvalue weighted by atomic mass is 10.0. The van der Waals surface area contributed by atoms with Gasteiger partial charge in [-0.1, -0.05) is 6.07 Å². The van der Waals surface area contributed by atoms with Crippen LogP contribution in [0.15, 0.2) is 23.1 Å². The van der Waals surface area contributed by atoms with Crippen molar-refractivity contribution in [2.24, 2.45) is 0 Å². The standard InChI is InChI=1S/C9H7F6NS/c10-7(11)9(14,15)8(12,13)4-1-2-5(16)6(17)3-4/h1-3,7,17H,16H2. The van der Waals surface area contributed by atoms with Gasteiger partial charge in [-0.2, -0.15) is 17.6 Å². The number of hydrogen-bond acceptors (Lipinski definition) is 2. The quantitative estimate of drug-likeness (QED) is 0.492. The summed E-state index contributed by atoms with van der Waals surface area (Å²) in [4.78, 5) is -0.188. The van der Waals surface area contributed by atoms with Crippen LogP contribution in [0.4, 0.5) is 32.0 Å². The molecule has 17 heavy (non-hydrogen) atoms. The molecule has 0 atom stereocenters. The number of benzene rings is 1. The maximum atomic E-state index is 13.2. The molecule has 1 aromatic carbocycles. The molecule has 0 amide bonds. The molecule has 1 nitrogen and oxygen atoms in total. The molecule has 0 saturated carbocycles. The van der Waals surface area contributed by atoms with Crippen LogP contribution in [-0.2, 0) is 5.92 Å². The number of rotatable bonds is 3. The fourth-order valence-corrected chi connectivity index (χ4v) is 1.28. The number of alkyl halides is 6. The second-order valence-corrected chi connectivity index (χ2v) is 3.75. The Labute approximate surface area is 98.0 Å². The third kappa shape index (κ3) is 2.31. The van der Waals surface area contributed by atoms with Gasteiger partial charge >= 0.3 is 18.3 Å². The fourth-order valence-electron chi connectivity index (χ4n) is 1.07. The highest BCUT2D eigenvalue weighted by Gasteiger charge is 2.63. The molecule has 0 radical (unpaired) electrons. The van der Waals surface area contributed by atoms with E-state index in [0.717, 1.165) is 6.07 Å². The van der Waals surface area contributed by atoms with Gasteiger partial charge in [-0.15, -0.1) is 12.6 Å². The number of halogens is 6. The van der Waals surface area contributed by atoms with Crippen LogP contribution in [-0.4, -0.2) is 12.3 Å². The molecule has 0 saturated heterocycles. The van der Waals surface area contributed by atoms with Crippen LogP contribution in [0.3, 0.4) is 0 Å². The lowest BCUT2D eigenvalue weighted by Gasteiger charge is -2.26. The van der Waals surface area contributed by atoms with Gasteiger partial charge < -0.3 is 5.73 Å². The van der Waals surface area contributed by atoms with E-state index in [9.17, 15) is 26.3 Å². The third-order valence-corrected chi connectivity index (χ3v) is 2.47. The Kier molecular flexibility index (Phi) is 3.56. The largest absolute Gasteiger partial charge is 0.398 e. The SMILES string of the molecule is Nc1ccc(C(F)(F)C(F)(F)C(F)F)cc1S. The summed E-state index contributed by atoms with van der Waals surface area (Å²) in [7, 11) is 0. The van der Waals surface area contributed by atoms with Crippen LogP contribution in [0.5, 0.6) is 0 Å². The van der Waals surface area contributed by atoms with Crippen LogP contribution in [0.25, 0.3) is 0 Å². The summed E-state index contributed by atoms with van der Waals surface area (Å²) >= 11 is 3.66. The van der Waals surface area contributed by atoms with E-state index >= 15 is 0 Å². The average Bonchev–Trinajstić information content (AvgIpc) is 2.21. The highest BCUT2D eigenvalue weighted by Crippen LogP contribution is 2.46. The first-order chi connectivity index (χ1) is 7.60.